The van der Waals surface area contributed by atoms with Crippen molar-refractivity contribution in [2.75, 3.05) is 0 Å². The summed E-state index contributed by atoms with van der Waals surface area (Å²) in [7, 11) is 0. The van der Waals surface area contributed by atoms with E-state index >= 15 is 8.78 Å². The fourth-order valence-electron chi connectivity index (χ4n) is 5.93. The zero-order valence-corrected chi connectivity index (χ0v) is 22.4. The first-order valence-electron chi connectivity index (χ1n) is 12.9. The topological polar surface area (TPSA) is 143 Å². The maximum absolute atomic E-state index is 15.5. The third-order valence-corrected chi connectivity index (χ3v) is 7.64. The lowest BCUT2D eigenvalue weighted by Gasteiger charge is -2.18. The van der Waals surface area contributed by atoms with Gasteiger partial charge in [-0.15, -0.1) is 0 Å². The first kappa shape index (κ1) is 27.1. The Morgan fingerprint density at radius 3 is 1.14 bits per heavy atom. The van der Waals surface area contributed by atoms with E-state index in [1.54, 1.807) is 36.4 Å². The molecule has 0 saturated heterocycles. The summed E-state index contributed by atoms with van der Waals surface area (Å²) in [6.07, 6.45) is 0. The SMILES string of the molecule is N#CC(C#N)=C1C2=C(C(=C(C#N)C#N)c3cccc(-c4ccc(C#N)cc4F)c32)c2c1cccc2-c1ccc(C#N)cc1F. The molecule has 0 bridgehead atoms. The van der Waals surface area contributed by atoms with E-state index in [9.17, 15) is 31.6 Å². The van der Waals surface area contributed by atoms with E-state index < -0.39 is 11.6 Å². The lowest BCUT2D eigenvalue weighted by molar-refractivity contribution is 0.630. The number of benzene rings is 4. The summed E-state index contributed by atoms with van der Waals surface area (Å²) in [6, 6.07) is 29.4. The summed E-state index contributed by atoms with van der Waals surface area (Å²) < 4.78 is 31.0. The van der Waals surface area contributed by atoms with Crippen molar-refractivity contribution in [2.24, 2.45) is 0 Å². The van der Waals surface area contributed by atoms with Crippen molar-refractivity contribution in [3.05, 3.63) is 129 Å². The third-order valence-electron chi connectivity index (χ3n) is 7.64. The maximum atomic E-state index is 15.5. The minimum atomic E-state index is -0.694. The van der Waals surface area contributed by atoms with E-state index in [0.29, 0.717) is 44.5 Å². The summed E-state index contributed by atoms with van der Waals surface area (Å²) in [6.45, 7) is 0. The van der Waals surface area contributed by atoms with Crippen molar-refractivity contribution < 1.29 is 8.78 Å². The highest BCUT2D eigenvalue weighted by atomic mass is 19.1. The number of nitriles is 6. The van der Waals surface area contributed by atoms with Gasteiger partial charge >= 0.3 is 0 Å². The number of nitrogens with zero attached hydrogens (tertiary/aromatic N) is 6. The molecule has 44 heavy (non-hydrogen) atoms. The summed E-state index contributed by atoms with van der Waals surface area (Å²) in [4.78, 5) is 0. The first-order valence-corrected chi connectivity index (χ1v) is 12.9. The van der Waals surface area contributed by atoms with Gasteiger partial charge < -0.3 is 0 Å². The molecule has 0 aliphatic heterocycles. The standard InChI is InChI=1S/C36H12F2N6/c37-29-11-19(13-39)7-9-23(29)25-3-1-5-27-31(21(15-41)16-42)35-34-26(24-10-8-20(14-40)12-30(24)38)4-2-6-28(34)32(22(17-43)18-44)36(35)33(25)27/h1-12H. The van der Waals surface area contributed by atoms with Gasteiger partial charge in [-0.05, 0) is 57.6 Å². The van der Waals surface area contributed by atoms with Crippen LogP contribution in [0.3, 0.4) is 0 Å². The Morgan fingerprint density at radius 1 is 0.455 bits per heavy atom. The lowest BCUT2D eigenvalue weighted by atomic mass is 9.84. The van der Waals surface area contributed by atoms with E-state index in [4.69, 9.17) is 0 Å². The highest BCUT2D eigenvalue weighted by Crippen LogP contribution is 2.62. The predicted octanol–water partition coefficient (Wildman–Crippen LogP) is 7.58. The van der Waals surface area contributed by atoms with Crippen molar-refractivity contribution in [1.29, 1.82) is 31.6 Å². The molecule has 4 aromatic rings. The van der Waals surface area contributed by atoms with Crippen molar-refractivity contribution in [3.63, 3.8) is 0 Å². The molecule has 0 atom stereocenters. The van der Waals surface area contributed by atoms with Gasteiger partial charge in [0, 0.05) is 33.4 Å². The van der Waals surface area contributed by atoms with Crippen LogP contribution in [0.15, 0.2) is 83.9 Å². The van der Waals surface area contributed by atoms with Crippen LogP contribution in [0, 0.1) is 79.6 Å². The molecule has 6 nitrogen and oxygen atoms in total. The summed E-state index contributed by atoms with van der Waals surface area (Å²) in [5.41, 5.74) is 3.18. The monoisotopic (exact) mass is 566 g/mol. The highest BCUT2D eigenvalue weighted by Gasteiger charge is 2.42. The quantitative estimate of drug-likeness (QED) is 0.229. The van der Waals surface area contributed by atoms with Crippen LogP contribution in [0.2, 0.25) is 0 Å². The van der Waals surface area contributed by atoms with Gasteiger partial charge in [-0.3, -0.25) is 0 Å². The van der Waals surface area contributed by atoms with Crippen LogP contribution in [0.1, 0.15) is 33.4 Å². The minimum absolute atomic E-state index is 0.106. The Kier molecular flexibility index (Phi) is 6.39. The second-order valence-corrected chi connectivity index (χ2v) is 9.77. The molecule has 200 valence electrons. The van der Waals surface area contributed by atoms with Crippen molar-refractivity contribution in [3.8, 4) is 58.7 Å². The molecule has 0 radical (unpaired) electrons. The fourth-order valence-corrected chi connectivity index (χ4v) is 5.93. The number of allylic oxidation sites excluding steroid dienone is 6. The molecule has 0 N–H and O–H groups in total. The molecule has 2 aliphatic rings. The molecule has 4 aromatic carbocycles. The van der Waals surface area contributed by atoms with Crippen LogP contribution < -0.4 is 0 Å². The Morgan fingerprint density at radius 2 is 0.818 bits per heavy atom. The van der Waals surface area contributed by atoms with Crippen molar-refractivity contribution in [2.45, 2.75) is 0 Å². The number of rotatable bonds is 2. The van der Waals surface area contributed by atoms with Gasteiger partial charge in [0.1, 0.15) is 47.1 Å². The highest BCUT2D eigenvalue weighted by molar-refractivity contribution is 6.39. The van der Waals surface area contributed by atoms with E-state index in [2.05, 4.69) is 0 Å². The van der Waals surface area contributed by atoms with Crippen molar-refractivity contribution >= 4 is 22.3 Å². The fraction of sp³-hybridized carbons (Fsp3) is 0. The van der Waals surface area contributed by atoms with Gasteiger partial charge in [-0.2, -0.15) is 31.6 Å². The molecular weight excluding hydrogens is 554 g/mol. The molecule has 0 spiro atoms. The Balaban J connectivity index is 1.82. The molecule has 0 unspecified atom stereocenters. The van der Waals surface area contributed by atoms with Crippen LogP contribution in [0.25, 0.3) is 44.5 Å². The van der Waals surface area contributed by atoms with E-state index in [0.717, 1.165) is 12.1 Å². The van der Waals surface area contributed by atoms with E-state index in [1.165, 1.54) is 24.3 Å². The average Bonchev–Trinajstić information content (AvgIpc) is 3.55. The molecule has 8 heteroatoms. The van der Waals surface area contributed by atoms with Gasteiger partial charge in [-0.25, -0.2) is 8.78 Å². The molecule has 0 aromatic heterocycles. The Hall–Kier alpha value is -7.10. The second kappa shape index (κ2) is 10.4. The molecule has 2 aliphatic carbocycles. The van der Waals surface area contributed by atoms with Crippen LogP contribution in [-0.4, -0.2) is 0 Å². The van der Waals surface area contributed by atoms with Gasteiger partial charge in [0.2, 0.25) is 0 Å². The number of halogens is 2. The average molecular weight is 567 g/mol. The zero-order valence-electron chi connectivity index (χ0n) is 22.4. The van der Waals surface area contributed by atoms with Gasteiger partial charge in [0.15, 0.2) is 0 Å². The van der Waals surface area contributed by atoms with Crippen LogP contribution >= 0.6 is 0 Å². The first-order chi connectivity index (χ1) is 21.4. The number of hydrogen-bond donors (Lipinski definition) is 0. The number of hydrogen-bond acceptors (Lipinski definition) is 6. The molecule has 0 amide bonds. The Bertz CT molecular complexity index is 2170. The van der Waals surface area contributed by atoms with Crippen LogP contribution in [0.4, 0.5) is 8.78 Å². The second-order valence-electron chi connectivity index (χ2n) is 9.77. The molecule has 0 saturated carbocycles. The molecule has 6 rings (SSSR count). The van der Waals surface area contributed by atoms with Crippen LogP contribution in [0.5, 0.6) is 0 Å². The van der Waals surface area contributed by atoms with E-state index in [1.807, 2.05) is 36.4 Å². The van der Waals surface area contributed by atoms with Gasteiger partial charge in [-0.1, -0.05) is 48.5 Å². The van der Waals surface area contributed by atoms with Crippen LogP contribution in [-0.2, 0) is 0 Å². The summed E-state index contributed by atoms with van der Waals surface area (Å²) in [5, 5.41) is 58.8. The van der Waals surface area contributed by atoms with Gasteiger partial charge in [0.05, 0.1) is 23.3 Å². The normalized spacial score (nSPS) is 12.0. The van der Waals surface area contributed by atoms with Crippen molar-refractivity contribution in [1.82, 2.24) is 0 Å². The molecule has 0 heterocycles. The third kappa shape index (κ3) is 3.79. The number of fused-ring (bicyclic) bond motifs is 4. The largest absolute Gasteiger partial charge is 0.206 e. The molecular formula is C36H12F2N6. The smallest absolute Gasteiger partial charge is 0.138 e. The maximum Gasteiger partial charge on any atom is 0.138 e. The summed E-state index contributed by atoms with van der Waals surface area (Å²) >= 11 is 0. The Labute approximate surface area is 250 Å². The summed E-state index contributed by atoms with van der Waals surface area (Å²) in [5.74, 6) is -1.39. The predicted molar refractivity (Wildman–Crippen MR) is 156 cm³/mol. The zero-order chi connectivity index (χ0) is 31.1. The minimum Gasteiger partial charge on any atom is -0.206 e. The van der Waals surface area contributed by atoms with Gasteiger partial charge in [0.25, 0.3) is 0 Å². The van der Waals surface area contributed by atoms with E-state index in [-0.39, 0.29) is 44.5 Å². The molecule has 0 fully saturated rings. The lowest BCUT2D eigenvalue weighted by Crippen LogP contribution is -2.00.